The van der Waals surface area contributed by atoms with Gasteiger partial charge in [0.05, 0.1) is 11.8 Å². The molecule has 0 aromatic heterocycles. The Morgan fingerprint density at radius 3 is 2.33 bits per heavy atom. The van der Waals surface area contributed by atoms with Crippen molar-refractivity contribution >= 4 is 16.9 Å². The predicted octanol–water partition coefficient (Wildman–Crippen LogP) is 13.0. The van der Waals surface area contributed by atoms with Crippen LogP contribution in [0.1, 0.15) is 70.6 Å². The van der Waals surface area contributed by atoms with Crippen molar-refractivity contribution in [3.8, 4) is 11.1 Å². The molecule has 0 radical (unpaired) electrons. The molecular weight excluding hydrogens is 579 g/mol. The summed E-state index contributed by atoms with van der Waals surface area (Å²) in [5.74, 6) is 0. The van der Waals surface area contributed by atoms with Crippen molar-refractivity contribution in [1.82, 2.24) is 0 Å². The number of hydrogen-bond donors (Lipinski definition) is 0. The minimum Gasteiger partial charge on any atom is -0.277 e. The molecule has 244 valence electrons. The van der Waals surface area contributed by atoms with Crippen molar-refractivity contribution in [3.63, 3.8) is 0 Å². The van der Waals surface area contributed by atoms with Crippen LogP contribution in [0.4, 0.5) is 0 Å². The number of aliphatic imine (C=N–C) groups is 1. The molecule has 1 nitrogen and oxygen atoms in total. The van der Waals surface area contributed by atoms with Gasteiger partial charge >= 0.3 is 0 Å². The summed E-state index contributed by atoms with van der Waals surface area (Å²) in [4.78, 5) is 5.27. The number of rotatable bonds is 14. The summed E-state index contributed by atoms with van der Waals surface area (Å²) < 4.78 is 0. The van der Waals surface area contributed by atoms with Crippen LogP contribution >= 0.6 is 0 Å². The third kappa shape index (κ3) is 10.2. The van der Waals surface area contributed by atoms with Gasteiger partial charge in [0, 0.05) is 0 Å². The average Bonchev–Trinajstić information content (AvgIpc) is 3.11. The summed E-state index contributed by atoms with van der Waals surface area (Å²) in [5.41, 5.74) is 11.6. The molecule has 3 aromatic carbocycles. The fourth-order valence-electron chi connectivity index (χ4n) is 5.74. The van der Waals surface area contributed by atoms with Crippen LogP contribution in [0.5, 0.6) is 0 Å². The fraction of sp³-hybridized carbons (Fsp3) is 0.213. The summed E-state index contributed by atoms with van der Waals surface area (Å²) in [5, 5.41) is 0. The van der Waals surface area contributed by atoms with E-state index >= 15 is 0 Å². The first kappa shape index (κ1) is 35.8. The highest BCUT2D eigenvalue weighted by molar-refractivity contribution is 6.13. The Balaban J connectivity index is 1.50. The van der Waals surface area contributed by atoms with E-state index in [1.807, 2.05) is 31.2 Å². The van der Waals surface area contributed by atoms with Gasteiger partial charge in [-0.2, -0.15) is 0 Å². The van der Waals surface area contributed by atoms with Crippen molar-refractivity contribution in [2.45, 2.75) is 65.3 Å². The Morgan fingerprint density at radius 1 is 0.896 bits per heavy atom. The smallest absolute Gasteiger partial charge is 0.0728 e. The van der Waals surface area contributed by atoms with Gasteiger partial charge in [0.2, 0.25) is 0 Å². The second-order valence-corrected chi connectivity index (χ2v) is 13.0. The Kier molecular flexibility index (Phi) is 13.3. The van der Waals surface area contributed by atoms with Crippen LogP contribution < -0.4 is 0 Å². The van der Waals surface area contributed by atoms with Gasteiger partial charge in [-0.1, -0.05) is 167 Å². The molecular formula is C47H51N. The molecule has 0 bridgehead atoms. The first-order valence-electron chi connectivity index (χ1n) is 17.1. The molecule has 0 spiro atoms. The highest BCUT2D eigenvalue weighted by Crippen LogP contribution is 2.31. The molecule has 0 heterocycles. The normalized spacial score (nSPS) is 15.4. The molecule has 0 fully saturated rings. The number of allylic oxidation sites excluding steroid dienone is 14. The molecule has 0 saturated carbocycles. The largest absolute Gasteiger partial charge is 0.277 e. The minimum atomic E-state index is -0.0348. The van der Waals surface area contributed by atoms with E-state index in [9.17, 15) is 0 Å². The first-order valence-corrected chi connectivity index (χ1v) is 17.1. The average molecular weight is 630 g/mol. The van der Waals surface area contributed by atoms with E-state index in [0.29, 0.717) is 0 Å². The summed E-state index contributed by atoms with van der Waals surface area (Å²) in [6.45, 7) is 19.2. The van der Waals surface area contributed by atoms with E-state index in [-0.39, 0.29) is 11.5 Å². The fourth-order valence-corrected chi connectivity index (χ4v) is 5.74. The van der Waals surface area contributed by atoms with Crippen LogP contribution in [-0.2, 0) is 5.41 Å². The Labute approximate surface area is 290 Å². The molecule has 1 aliphatic carbocycles. The second-order valence-electron chi connectivity index (χ2n) is 13.0. The van der Waals surface area contributed by atoms with Gasteiger partial charge in [-0.05, 0) is 108 Å². The Morgan fingerprint density at radius 2 is 1.65 bits per heavy atom. The third-order valence-corrected chi connectivity index (χ3v) is 8.77. The van der Waals surface area contributed by atoms with Gasteiger partial charge in [0.15, 0.2) is 0 Å². The van der Waals surface area contributed by atoms with Crippen molar-refractivity contribution in [3.05, 3.63) is 193 Å². The van der Waals surface area contributed by atoms with Crippen LogP contribution in [0.15, 0.2) is 181 Å². The summed E-state index contributed by atoms with van der Waals surface area (Å²) >= 11 is 0. The van der Waals surface area contributed by atoms with E-state index in [1.165, 1.54) is 33.4 Å². The van der Waals surface area contributed by atoms with Crippen LogP contribution in [-0.4, -0.2) is 11.8 Å². The zero-order valence-corrected chi connectivity index (χ0v) is 29.5. The molecule has 1 heteroatoms. The minimum absolute atomic E-state index is 0.0295. The maximum atomic E-state index is 5.27. The molecule has 0 aliphatic heterocycles. The lowest BCUT2D eigenvalue weighted by Crippen LogP contribution is -2.16. The van der Waals surface area contributed by atoms with E-state index in [1.54, 1.807) is 0 Å². The molecule has 48 heavy (non-hydrogen) atoms. The Hall–Kier alpha value is -5.01. The molecule has 1 atom stereocenters. The van der Waals surface area contributed by atoms with Gasteiger partial charge in [-0.15, -0.1) is 0 Å². The van der Waals surface area contributed by atoms with E-state index in [0.717, 1.165) is 41.7 Å². The van der Waals surface area contributed by atoms with Crippen molar-refractivity contribution in [2.24, 2.45) is 4.99 Å². The van der Waals surface area contributed by atoms with Crippen molar-refractivity contribution in [2.75, 3.05) is 0 Å². The summed E-state index contributed by atoms with van der Waals surface area (Å²) in [6, 6.07) is 28.1. The number of hydrogen-bond acceptors (Lipinski definition) is 1. The monoisotopic (exact) mass is 629 g/mol. The molecule has 1 unspecified atom stereocenters. The first-order chi connectivity index (χ1) is 23.2. The zero-order valence-electron chi connectivity index (χ0n) is 29.5. The molecule has 0 saturated heterocycles. The summed E-state index contributed by atoms with van der Waals surface area (Å²) in [7, 11) is 0. The summed E-state index contributed by atoms with van der Waals surface area (Å²) in [6.07, 6.45) is 28.6. The van der Waals surface area contributed by atoms with Crippen LogP contribution in [0.3, 0.4) is 0 Å². The highest BCUT2D eigenvalue weighted by atomic mass is 14.8. The van der Waals surface area contributed by atoms with E-state index < -0.39 is 0 Å². The van der Waals surface area contributed by atoms with Gasteiger partial charge in [-0.3, -0.25) is 4.99 Å². The highest BCUT2D eigenvalue weighted by Gasteiger charge is 2.19. The van der Waals surface area contributed by atoms with Gasteiger partial charge in [-0.25, -0.2) is 0 Å². The quantitative estimate of drug-likeness (QED) is 0.124. The standard InChI is InChI=1S/C47H51N/c1-8-10-13-21-36(3)43-26-18-27-44(35-43)41-29-31-45(32-30-41)47(6,7)33-19-28-40(20-9-2)38(5)48-46(42-24-16-12-17-25-42)34-37(4)39-22-14-11-15-23-39/h8-11,13-16,18-32,34-35,38H,2-3,12,17,33H2,1,4-7H3/b10-8-,21-13-,28-19-,37-34+,40-20+,48-46?. The molecule has 0 N–H and O–H groups in total. The third-order valence-electron chi connectivity index (χ3n) is 8.77. The van der Waals surface area contributed by atoms with Crippen molar-refractivity contribution in [1.29, 1.82) is 0 Å². The zero-order chi connectivity index (χ0) is 34.4. The number of benzene rings is 3. The van der Waals surface area contributed by atoms with E-state index in [2.05, 4.69) is 168 Å². The Bertz CT molecular complexity index is 1790. The molecule has 1 aliphatic rings. The molecule has 4 rings (SSSR count). The van der Waals surface area contributed by atoms with Crippen LogP contribution in [0, 0.1) is 0 Å². The van der Waals surface area contributed by atoms with Crippen LogP contribution in [0.25, 0.3) is 22.3 Å². The topological polar surface area (TPSA) is 12.4 Å². The SMILES string of the molecule is C=C/C=C(\C=C/CC(C)(C)c1ccc(-c2cccc(C(=C)/C=C\C=C/C)c2)cc1)C(C)N=C(/C=C(\C)c1ccccc1)C1=CCCC=C1. The molecule has 3 aromatic rings. The van der Waals surface area contributed by atoms with E-state index in [4.69, 9.17) is 4.99 Å². The van der Waals surface area contributed by atoms with Crippen molar-refractivity contribution < 1.29 is 0 Å². The van der Waals surface area contributed by atoms with Crippen LogP contribution in [0.2, 0.25) is 0 Å². The van der Waals surface area contributed by atoms with Gasteiger partial charge < -0.3 is 0 Å². The predicted molar refractivity (Wildman–Crippen MR) is 213 cm³/mol. The second kappa shape index (κ2) is 17.8. The lowest BCUT2D eigenvalue weighted by atomic mass is 9.80. The van der Waals surface area contributed by atoms with Gasteiger partial charge in [0.25, 0.3) is 0 Å². The maximum absolute atomic E-state index is 5.27. The number of nitrogens with zero attached hydrogens (tertiary/aromatic N) is 1. The lowest BCUT2D eigenvalue weighted by molar-refractivity contribution is 0.534. The van der Waals surface area contributed by atoms with Gasteiger partial charge in [0.1, 0.15) is 0 Å². The lowest BCUT2D eigenvalue weighted by Gasteiger charge is -2.24. The molecule has 0 amide bonds. The maximum Gasteiger partial charge on any atom is 0.0728 e.